The van der Waals surface area contributed by atoms with E-state index in [2.05, 4.69) is 15.1 Å². The van der Waals surface area contributed by atoms with Gasteiger partial charge in [0.2, 0.25) is 0 Å². The molecule has 1 N–H and O–H groups in total. The minimum atomic E-state index is -0.290. The highest BCUT2D eigenvalue weighted by atomic mass is 19.1. The van der Waals surface area contributed by atoms with E-state index in [1.807, 2.05) is 31.7 Å². The van der Waals surface area contributed by atoms with Crippen molar-refractivity contribution in [3.8, 4) is 0 Å². The van der Waals surface area contributed by atoms with Crippen molar-refractivity contribution in [1.29, 1.82) is 0 Å². The molecular formula is C18H22FN5O. The third kappa shape index (κ3) is 3.46. The number of fused-ring (bicyclic) bond motifs is 1. The number of aliphatic hydroxyl groups excluding tert-OH is 1. The first-order chi connectivity index (χ1) is 12.0. The molecule has 1 atom stereocenters. The van der Waals surface area contributed by atoms with Crippen LogP contribution in [0.25, 0.3) is 5.78 Å². The van der Waals surface area contributed by atoms with Gasteiger partial charge in [0.15, 0.2) is 5.82 Å². The molecule has 2 aromatic heterocycles. The second-order valence-electron chi connectivity index (χ2n) is 6.04. The van der Waals surface area contributed by atoms with Crippen LogP contribution in [0.1, 0.15) is 36.6 Å². The van der Waals surface area contributed by atoms with E-state index in [4.69, 9.17) is 0 Å². The Morgan fingerprint density at radius 3 is 2.56 bits per heavy atom. The fourth-order valence-electron chi connectivity index (χ4n) is 3.07. The van der Waals surface area contributed by atoms with Crippen LogP contribution >= 0.6 is 0 Å². The largest absolute Gasteiger partial charge is 0.395 e. The predicted molar refractivity (Wildman–Crippen MR) is 94.1 cm³/mol. The molecule has 0 aliphatic rings. The zero-order valence-corrected chi connectivity index (χ0v) is 14.6. The first kappa shape index (κ1) is 17.3. The van der Waals surface area contributed by atoms with E-state index in [-0.39, 0.29) is 18.5 Å². The summed E-state index contributed by atoms with van der Waals surface area (Å²) in [5.41, 5.74) is 2.68. The molecule has 3 aromatic rings. The van der Waals surface area contributed by atoms with E-state index < -0.39 is 0 Å². The van der Waals surface area contributed by atoms with E-state index in [1.54, 1.807) is 16.6 Å². The lowest BCUT2D eigenvalue weighted by Gasteiger charge is -2.30. The molecule has 0 spiro atoms. The van der Waals surface area contributed by atoms with Gasteiger partial charge < -0.3 is 10.0 Å². The molecule has 0 fully saturated rings. The van der Waals surface area contributed by atoms with Crippen LogP contribution in [0.3, 0.4) is 0 Å². The third-order valence-corrected chi connectivity index (χ3v) is 4.19. The summed E-state index contributed by atoms with van der Waals surface area (Å²) in [5, 5.41) is 14.1. The molecule has 0 aliphatic heterocycles. The number of nitrogens with zero attached hydrogens (tertiary/aromatic N) is 5. The first-order valence-corrected chi connectivity index (χ1v) is 8.37. The lowest BCUT2D eigenvalue weighted by molar-refractivity contribution is 0.296. The van der Waals surface area contributed by atoms with Crippen LogP contribution in [-0.4, -0.2) is 37.8 Å². The fraction of sp³-hybridized carbons (Fsp3) is 0.389. The number of aromatic nitrogens is 4. The van der Waals surface area contributed by atoms with Crippen LogP contribution in [0, 0.1) is 19.7 Å². The maximum absolute atomic E-state index is 13.3. The smallest absolute Gasteiger partial charge is 0.252 e. The van der Waals surface area contributed by atoms with Gasteiger partial charge in [0.05, 0.1) is 12.6 Å². The lowest BCUT2D eigenvalue weighted by atomic mass is 10.1. The summed E-state index contributed by atoms with van der Waals surface area (Å²) in [6.07, 6.45) is 0.742. The number of halogens is 1. The maximum Gasteiger partial charge on any atom is 0.252 e. The topological polar surface area (TPSA) is 66.5 Å². The molecule has 0 amide bonds. The van der Waals surface area contributed by atoms with Gasteiger partial charge in [-0.25, -0.2) is 13.9 Å². The summed E-state index contributed by atoms with van der Waals surface area (Å²) in [4.78, 5) is 11.0. The quantitative estimate of drug-likeness (QED) is 0.745. The highest BCUT2D eigenvalue weighted by molar-refractivity contribution is 5.48. The molecule has 0 bridgehead atoms. The SMILES string of the molecule is CCC(c1nc2nc(C)cc(C)n2n1)N(CCO)c1ccc(F)cc1. The van der Waals surface area contributed by atoms with Gasteiger partial charge in [0.25, 0.3) is 5.78 Å². The minimum absolute atomic E-state index is 0.0162. The van der Waals surface area contributed by atoms with Gasteiger partial charge in [-0.1, -0.05) is 6.92 Å². The summed E-state index contributed by atoms with van der Waals surface area (Å²) < 4.78 is 15.0. The summed E-state index contributed by atoms with van der Waals surface area (Å²) in [6.45, 7) is 6.32. The highest BCUT2D eigenvalue weighted by Gasteiger charge is 2.24. The van der Waals surface area contributed by atoms with E-state index in [9.17, 15) is 9.50 Å². The van der Waals surface area contributed by atoms with Crippen molar-refractivity contribution in [3.05, 3.63) is 53.4 Å². The van der Waals surface area contributed by atoms with Gasteiger partial charge in [0.1, 0.15) is 5.82 Å². The summed E-state index contributed by atoms with van der Waals surface area (Å²) in [6, 6.07) is 8.06. The minimum Gasteiger partial charge on any atom is -0.395 e. The van der Waals surface area contributed by atoms with Gasteiger partial charge in [-0.05, 0) is 50.6 Å². The normalized spacial score (nSPS) is 12.5. The van der Waals surface area contributed by atoms with Gasteiger partial charge in [-0.2, -0.15) is 4.98 Å². The number of aliphatic hydroxyl groups is 1. The molecule has 132 valence electrons. The molecular weight excluding hydrogens is 321 g/mol. The van der Waals surface area contributed by atoms with Crippen LogP contribution in [-0.2, 0) is 0 Å². The molecule has 25 heavy (non-hydrogen) atoms. The second-order valence-corrected chi connectivity index (χ2v) is 6.04. The average Bonchev–Trinajstić information content (AvgIpc) is 2.99. The third-order valence-electron chi connectivity index (χ3n) is 4.19. The Kier molecular flexibility index (Phi) is 4.94. The molecule has 7 heteroatoms. The van der Waals surface area contributed by atoms with E-state index in [1.165, 1.54) is 12.1 Å². The molecule has 0 saturated carbocycles. The number of benzene rings is 1. The van der Waals surface area contributed by atoms with Gasteiger partial charge in [-0.15, -0.1) is 5.10 Å². The summed E-state index contributed by atoms with van der Waals surface area (Å²) in [7, 11) is 0. The standard InChI is InChI=1S/C18H22FN5O/c1-4-16(23(9-10-25)15-7-5-14(19)6-8-15)17-21-18-20-12(2)11-13(3)24(18)22-17/h5-8,11,16,25H,4,9-10H2,1-3H3. The van der Waals surface area contributed by atoms with Gasteiger partial charge in [0, 0.05) is 23.6 Å². The molecule has 1 unspecified atom stereocenters. The maximum atomic E-state index is 13.3. The zero-order valence-electron chi connectivity index (χ0n) is 14.6. The molecule has 0 radical (unpaired) electrons. The summed E-state index contributed by atoms with van der Waals surface area (Å²) in [5.74, 6) is 0.914. The predicted octanol–water partition coefficient (Wildman–Crippen LogP) is 2.83. The lowest BCUT2D eigenvalue weighted by Crippen LogP contribution is -2.32. The Morgan fingerprint density at radius 2 is 1.92 bits per heavy atom. The van der Waals surface area contributed by atoms with Crippen LogP contribution < -0.4 is 4.90 Å². The second kappa shape index (κ2) is 7.14. The molecule has 0 saturated heterocycles. The van der Waals surface area contributed by atoms with Crippen LogP contribution in [0.4, 0.5) is 10.1 Å². The number of rotatable bonds is 6. The summed E-state index contributed by atoms with van der Waals surface area (Å²) >= 11 is 0. The average molecular weight is 343 g/mol. The zero-order chi connectivity index (χ0) is 18.0. The van der Waals surface area contributed by atoms with Gasteiger partial charge in [-0.3, -0.25) is 0 Å². The van der Waals surface area contributed by atoms with Crippen molar-refractivity contribution in [1.82, 2.24) is 19.6 Å². The Labute approximate surface area is 146 Å². The van der Waals surface area contributed by atoms with E-state index in [0.29, 0.717) is 18.1 Å². The van der Waals surface area contributed by atoms with Crippen LogP contribution in [0.15, 0.2) is 30.3 Å². The number of hydrogen-bond donors (Lipinski definition) is 1. The van der Waals surface area contributed by atoms with E-state index >= 15 is 0 Å². The van der Waals surface area contributed by atoms with Crippen molar-refractivity contribution in [2.75, 3.05) is 18.1 Å². The molecule has 0 aliphatic carbocycles. The Bertz CT molecular complexity index is 862. The van der Waals surface area contributed by atoms with Crippen LogP contribution in [0.5, 0.6) is 0 Å². The Hall–Kier alpha value is -2.54. The number of aryl methyl sites for hydroxylation is 2. The van der Waals surface area contributed by atoms with E-state index in [0.717, 1.165) is 23.5 Å². The monoisotopic (exact) mass is 343 g/mol. The Balaban J connectivity index is 2.04. The van der Waals surface area contributed by atoms with Crippen LogP contribution in [0.2, 0.25) is 0 Å². The molecule has 1 aromatic carbocycles. The molecule has 6 nitrogen and oxygen atoms in total. The van der Waals surface area contributed by atoms with Crippen molar-refractivity contribution < 1.29 is 9.50 Å². The Morgan fingerprint density at radius 1 is 1.20 bits per heavy atom. The van der Waals surface area contributed by atoms with Crippen molar-refractivity contribution >= 4 is 11.5 Å². The van der Waals surface area contributed by atoms with Crippen molar-refractivity contribution in [2.45, 2.75) is 33.2 Å². The fourth-order valence-corrected chi connectivity index (χ4v) is 3.07. The first-order valence-electron chi connectivity index (χ1n) is 8.37. The number of anilines is 1. The van der Waals surface area contributed by atoms with Crippen molar-refractivity contribution in [2.24, 2.45) is 0 Å². The highest BCUT2D eigenvalue weighted by Crippen LogP contribution is 2.28. The molecule has 2 heterocycles. The molecule has 3 rings (SSSR count). The van der Waals surface area contributed by atoms with Gasteiger partial charge >= 0.3 is 0 Å². The van der Waals surface area contributed by atoms with Crippen molar-refractivity contribution in [3.63, 3.8) is 0 Å². The number of hydrogen-bond acceptors (Lipinski definition) is 5.